The molecule has 5 heteroatoms. The highest BCUT2D eigenvalue weighted by atomic mass is 15.2. The van der Waals surface area contributed by atoms with Crippen molar-refractivity contribution in [3.63, 3.8) is 0 Å². The minimum absolute atomic E-state index is 0.448. The molecule has 4 aliphatic rings. The average Bonchev–Trinajstić information content (AvgIpc) is 3.37. The largest absolute Gasteiger partial charge is 0.309 e. The van der Waals surface area contributed by atoms with E-state index >= 15 is 0 Å². The van der Waals surface area contributed by atoms with E-state index in [-0.39, 0.29) is 0 Å². The van der Waals surface area contributed by atoms with Crippen LogP contribution in [-0.4, -0.2) is 124 Å². The molecule has 0 saturated carbocycles. The standard InChI is InChI=1S/2C10H21N.C9H19N.C8H17N.C7H17N/c2*1-10(2,3)9-11-7-5-4-6-8-11;1-9(2,3)8-10-6-4-5-7-10;1-8(2,3)7-9-5-4-6-9;1-7(2,3)6-8(4)5/h2*4-9H2,1-3H3;4-8H2,1-3H3;4-7H2,1-3H3;6H2,1-5H3. The van der Waals surface area contributed by atoms with E-state index in [1.165, 1.54) is 136 Å². The summed E-state index contributed by atoms with van der Waals surface area (Å²) in [6.45, 7) is 51.4. The number of piperidine rings is 2. The molecule has 0 bridgehead atoms. The molecule has 5 nitrogen and oxygen atoms in total. The predicted molar refractivity (Wildman–Crippen MR) is 223 cm³/mol. The van der Waals surface area contributed by atoms with Crippen LogP contribution in [0.3, 0.4) is 0 Å². The Hall–Kier alpha value is -0.200. The van der Waals surface area contributed by atoms with E-state index in [1.54, 1.807) is 0 Å². The average molecular weight is 694 g/mol. The van der Waals surface area contributed by atoms with Crippen LogP contribution in [-0.2, 0) is 0 Å². The zero-order valence-corrected chi connectivity index (χ0v) is 37.3. The fourth-order valence-electron chi connectivity index (χ4n) is 7.35. The Labute approximate surface area is 311 Å². The Kier molecular flexibility index (Phi) is 23.4. The van der Waals surface area contributed by atoms with E-state index in [0.717, 1.165) is 6.54 Å². The SMILES string of the molecule is CC(C)(C)CN1CCC1.CC(C)(C)CN1CCCC1.CC(C)(C)CN1CCCCC1.CC(C)(C)CN1CCCCC1.CN(C)CC(C)(C)C. The molecule has 4 aliphatic heterocycles. The van der Waals surface area contributed by atoms with Crippen LogP contribution in [0.25, 0.3) is 0 Å². The summed E-state index contributed by atoms with van der Waals surface area (Å²) in [5.41, 5.74) is 2.41. The molecular weight excluding hydrogens is 599 g/mol. The number of hydrogen-bond acceptors (Lipinski definition) is 5. The van der Waals surface area contributed by atoms with Crippen molar-refractivity contribution in [2.24, 2.45) is 27.1 Å². The van der Waals surface area contributed by atoms with Crippen molar-refractivity contribution in [1.82, 2.24) is 24.5 Å². The first kappa shape index (κ1) is 48.8. The van der Waals surface area contributed by atoms with Gasteiger partial charge in [-0.05, 0) is 138 Å². The van der Waals surface area contributed by atoms with Crippen LogP contribution < -0.4 is 0 Å². The Morgan fingerprint density at radius 1 is 0.306 bits per heavy atom. The smallest absolute Gasteiger partial charge is 0.00301 e. The summed E-state index contributed by atoms with van der Waals surface area (Å²) in [5, 5.41) is 0. The first-order chi connectivity index (χ1) is 22.2. The quantitative estimate of drug-likeness (QED) is 0.284. The minimum Gasteiger partial charge on any atom is -0.309 e. The maximum Gasteiger partial charge on any atom is 0.00301 e. The third-order valence-electron chi connectivity index (χ3n) is 8.63. The molecule has 4 rings (SSSR count). The number of hydrogen-bond donors (Lipinski definition) is 0. The molecule has 0 atom stereocenters. The van der Waals surface area contributed by atoms with E-state index in [2.05, 4.69) is 142 Å². The molecule has 0 aromatic rings. The van der Waals surface area contributed by atoms with Gasteiger partial charge in [-0.25, -0.2) is 0 Å². The predicted octanol–water partition coefficient (Wildman–Crippen LogP) is 10.5. The fourth-order valence-corrected chi connectivity index (χ4v) is 7.35. The second-order valence-corrected chi connectivity index (χ2v) is 22.3. The summed E-state index contributed by atoms with van der Waals surface area (Å²) in [6.07, 6.45) is 12.8. The molecule has 296 valence electrons. The summed E-state index contributed by atoms with van der Waals surface area (Å²) < 4.78 is 0. The van der Waals surface area contributed by atoms with Crippen LogP contribution in [0.15, 0.2) is 0 Å². The van der Waals surface area contributed by atoms with Gasteiger partial charge in [-0.1, -0.05) is 117 Å². The van der Waals surface area contributed by atoms with Crippen LogP contribution in [0.1, 0.15) is 162 Å². The third kappa shape index (κ3) is 34.6. The second-order valence-electron chi connectivity index (χ2n) is 22.3. The van der Waals surface area contributed by atoms with Gasteiger partial charge >= 0.3 is 0 Å². The van der Waals surface area contributed by atoms with Gasteiger partial charge in [0.25, 0.3) is 0 Å². The Bertz CT molecular complexity index is 735. The highest BCUT2D eigenvalue weighted by Gasteiger charge is 2.21. The topological polar surface area (TPSA) is 16.2 Å². The molecule has 4 heterocycles. The van der Waals surface area contributed by atoms with E-state index in [9.17, 15) is 0 Å². The van der Waals surface area contributed by atoms with Gasteiger partial charge in [-0.2, -0.15) is 0 Å². The fraction of sp³-hybridized carbons (Fsp3) is 1.00. The first-order valence-corrected chi connectivity index (χ1v) is 20.8. The van der Waals surface area contributed by atoms with E-state index in [1.807, 2.05) is 0 Å². The van der Waals surface area contributed by atoms with Crippen LogP contribution in [0.5, 0.6) is 0 Å². The van der Waals surface area contributed by atoms with E-state index in [4.69, 9.17) is 0 Å². The van der Waals surface area contributed by atoms with Crippen LogP contribution >= 0.6 is 0 Å². The van der Waals surface area contributed by atoms with Crippen molar-refractivity contribution in [3.05, 3.63) is 0 Å². The van der Waals surface area contributed by atoms with Crippen molar-refractivity contribution >= 4 is 0 Å². The van der Waals surface area contributed by atoms with Gasteiger partial charge in [0.05, 0.1) is 0 Å². The zero-order chi connectivity index (χ0) is 37.9. The lowest BCUT2D eigenvalue weighted by molar-refractivity contribution is 0.125. The van der Waals surface area contributed by atoms with Gasteiger partial charge in [0.1, 0.15) is 0 Å². The summed E-state index contributed by atoms with van der Waals surface area (Å²) in [5.74, 6) is 0. The first-order valence-electron chi connectivity index (χ1n) is 20.8. The monoisotopic (exact) mass is 694 g/mol. The van der Waals surface area contributed by atoms with E-state index in [0.29, 0.717) is 27.1 Å². The number of nitrogens with zero attached hydrogens (tertiary/aromatic N) is 5. The molecule has 0 N–H and O–H groups in total. The number of rotatable bonds is 5. The molecule has 0 aromatic heterocycles. The highest BCUT2D eigenvalue weighted by Crippen LogP contribution is 2.21. The summed E-state index contributed by atoms with van der Waals surface area (Å²) >= 11 is 0. The Balaban J connectivity index is 0.000000591. The molecule has 0 aromatic carbocycles. The van der Waals surface area contributed by atoms with Crippen molar-refractivity contribution in [2.45, 2.75) is 162 Å². The molecule has 0 amide bonds. The summed E-state index contributed by atoms with van der Waals surface area (Å²) in [7, 11) is 4.20. The molecular formula is C44H95N5. The van der Waals surface area contributed by atoms with Crippen LogP contribution in [0.4, 0.5) is 0 Å². The highest BCUT2D eigenvalue weighted by molar-refractivity contribution is 4.76. The molecule has 0 spiro atoms. The third-order valence-corrected chi connectivity index (χ3v) is 8.63. The van der Waals surface area contributed by atoms with Gasteiger partial charge in [0.15, 0.2) is 0 Å². The van der Waals surface area contributed by atoms with Crippen LogP contribution in [0.2, 0.25) is 0 Å². The summed E-state index contributed by atoms with van der Waals surface area (Å²) in [4.78, 5) is 12.5. The van der Waals surface area contributed by atoms with E-state index < -0.39 is 0 Å². The lowest BCUT2D eigenvalue weighted by Gasteiger charge is -2.36. The van der Waals surface area contributed by atoms with Crippen molar-refractivity contribution in [2.75, 3.05) is 99.2 Å². The normalized spacial score (nSPS) is 20.4. The van der Waals surface area contributed by atoms with Crippen molar-refractivity contribution in [3.8, 4) is 0 Å². The Morgan fingerprint density at radius 2 is 0.510 bits per heavy atom. The molecule has 0 radical (unpaired) electrons. The molecule has 4 fully saturated rings. The second kappa shape index (κ2) is 23.5. The number of likely N-dealkylation sites (tertiary alicyclic amines) is 4. The lowest BCUT2D eigenvalue weighted by atomic mass is 9.94. The van der Waals surface area contributed by atoms with Crippen molar-refractivity contribution < 1.29 is 0 Å². The van der Waals surface area contributed by atoms with Crippen LogP contribution in [0, 0.1) is 27.1 Å². The summed E-state index contributed by atoms with van der Waals surface area (Å²) in [6, 6.07) is 0. The lowest BCUT2D eigenvalue weighted by Crippen LogP contribution is -2.42. The maximum absolute atomic E-state index is 2.60. The van der Waals surface area contributed by atoms with Gasteiger partial charge in [0, 0.05) is 32.7 Å². The minimum atomic E-state index is 0.448. The zero-order valence-electron chi connectivity index (χ0n) is 37.3. The molecule has 0 unspecified atom stereocenters. The molecule has 49 heavy (non-hydrogen) atoms. The van der Waals surface area contributed by atoms with Gasteiger partial charge in [0.2, 0.25) is 0 Å². The molecule has 4 saturated heterocycles. The van der Waals surface area contributed by atoms with Gasteiger partial charge in [-0.15, -0.1) is 0 Å². The molecule has 0 aliphatic carbocycles. The Morgan fingerprint density at radius 3 is 0.633 bits per heavy atom. The van der Waals surface area contributed by atoms with Crippen molar-refractivity contribution in [1.29, 1.82) is 0 Å². The van der Waals surface area contributed by atoms with Gasteiger partial charge in [-0.3, -0.25) is 0 Å². The maximum atomic E-state index is 2.60. The van der Waals surface area contributed by atoms with Gasteiger partial charge < -0.3 is 24.5 Å².